The van der Waals surface area contributed by atoms with Crippen molar-refractivity contribution < 1.29 is 8.42 Å². The van der Waals surface area contributed by atoms with Crippen molar-refractivity contribution >= 4 is 32.5 Å². The van der Waals surface area contributed by atoms with Crippen molar-refractivity contribution in [3.63, 3.8) is 0 Å². The zero-order valence-corrected chi connectivity index (χ0v) is 13.9. The van der Waals surface area contributed by atoms with Gasteiger partial charge >= 0.3 is 0 Å². The van der Waals surface area contributed by atoms with Crippen LogP contribution in [0.3, 0.4) is 0 Å². The SMILES string of the molecule is CCCCS(=O)(=O)NCCc1c(C)[nH]c2ccc(Cl)cc12. The van der Waals surface area contributed by atoms with Gasteiger partial charge in [-0.15, -0.1) is 0 Å². The molecule has 0 aliphatic heterocycles. The summed E-state index contributed by atoms with van der Waals surface area (Å²) in [5, 5.41) is 1.75. The monoisotopic (exact) mass is 328 g/mol. The van der Waals surface area contributed by atoms with E-state index < -0.39 is 10.0 Å². The van der Waals surface area contributed by atoms with Gasteiger partial charge in [0.05, 0.1) is 5.75 Å². The van der Waals surface area contributed by atoms with Crippen molar-refractivity contribution in [2.45, 2.75) is 33.1 Å². The Bertz CT molecular complexity index is 723. The maximum Gasteiger partial charge on any atom is 0.211 e. The Morgan fingerprint density at radius 2 is 2.10 bits per heavy atom. The summed E-state index contributed by atoms with van der Waals surface area (Å²) in [7, 11) is -3.16. The van der Waals surface area contributed by atoms with Crippen LogP contribution in [0.5, 0.6) is 0 Å². The molecule has 0 atom stereocenters. The van der Waals surface area contributed by atoms with Crippen molar-refractivity contribution in [3.05, 3.63) is 34.5 Å². The smallest absolute Gasteiger partial charge is 0.211 e. The lowest BCUT2D eigenvalue weighted by atomic mass is 10.1. The molecule has 116 valence electrons. The lowest BCUT2D eigenvalue weighted by Crippen LogP contribution is -2.28. The number of sulfonamides is 1. The van der Waals surface area contributed by atoms with E-state index in [1.165, 1.54) is 0 Å². The van der Waals surface area contributed by atoms with Gasteiger partial charge in [-0.2, -0.15) is 0 Å². The average molecular weight is 329 g/mol. The molecule has 0 spiro atoms. The van der Waals surface area contributed by atoms with Gasteiger partial charge in [0.15, 0.2) is 0 Å². The van der Waals surface area contributed by atoms with Crippen molar-refractivity contribution in [1.29, 1.82) is 0 Å². The molecule has 0 aliphatic rings. The molecular formula is C15H21ClN2O2S. The van der Waals surface area contributed by atoms with E-state index in [9.17, 15) is 8.42 Å². The molecule has 0 fully saturated rings. The summed E-state index contributed by atoms with van der Waals surface area (Å²) in [5.41, 5.74) is 3.20. The van der Waals surface area contributed by atoms with Crippen molar-refractivity contribution in [2.24, 2.45) is 0 Å². The Morgan fingerprint density at radius 1 is 1.33 bits per heavy atom. The number of aromatic amines is 1. The second kappa shape index (κ2) is 6.81. The van der Waals surface area contributed by atoms with E-state index in [0.717, 1.165) is 28.6 Å². The molecule has 21 heavy (non-hydrogen) atoms. The van der Waals surface area contributed by atoms with E-state index in [0.29, 0.717) is 24.4 Å². The first-order valence-corrected chi connectivity index (χ1v) is 9.20. The highest BCUT2D eigenvalue weighted by molar-refractivity contribution is 7.89. The molecule has 0 bridgehead atoms. The number of unbranched alkanes of at least 4 members (excludes halogenated alkanes) is 1. The predicted octanol–water partition coefficient (Wildman–Crippen LogP) is 3.39. The Balaban J connectivity index is 2.07. The van der Waals surface area contributed by atoms with Crippen LogP contribution in [-0.4, -0.2) is 25.7 Å². The molecule has 0 saturated heterocycles. The lowest BCUT2D eigenvalue weighted by Gasteiger charge is -2.06. The minimum atomic E-state index is -3.16. The largest absolute Gasteiger partial charge is 0.358 e. The highest BCUT2D eigenvalue weighted by Crippen LogP contribution is 2.25. The van der Waals surface area contributed by atoms with Crippen LogP contribution < -0.4 is 4.72 Å². The molecule has 1 aromatic carbocycles. The first-order valence-electron chi connectivity index (χ1n) is 7.17. The average Bonchev–Trinajstić information content (AvgIpc) is 2.73. The zero-order chi connectivity index (χ0) is 15.5. The fourth-order valence-corrected chi connectivity index (χ4v) is 3.81. The standard InChI is InChI=1S/C15H21ClN2O2S/c1-3-4-9-21(19,20)17-8-7-13-11(2)18-15-6-5-12(16)10-14(13)15/h5-6,10,17-18H,3-4,7-9H2,1-2H3. The molecule has 6 heteroatoms. The number of benzene rings is 1. The van der Waals surface area contributed by atoms with Gasteiger partial charge in [-0.3, -0.25) is 0 Å². The minimum Gasteiger partial charge on any atom is -0.358 e. The number of hydrogen-bond donors (Lipinski definition) is 2. The van der Waals surface area contributed by atoms with Gasteiger partial charge < -0.3 is 4.98 Å². The predicted molar refractivity (Wildman–Crippen MR) is 88.4 cm³/mol. The van der Waals surface area contributed by atoms with Gasteiger partial charge in [0, 0.05) is 28.2 Å². The number of aromatic nitrogens is 1. The van der Waals surface area contributed by atoms with Gasteiger partial charge in [0.25, 0.3) is 0 Å². The molecule has 0 saturated carbocycles. The van der Waals surface area contributed by atoms with Gasteiger partial charge in [-0.05, 0) is 43.5 Å². The number of hydrogen-bond acceptors (Lipinski definition) is 2. The maximum atomic E-state index is 11.8. The van der Waals surface area contributed by atoms with Crippen LogP contribution in [0, 0.1) is 6.92 Å². The number of nitrogens with one attached hydrogen (secondary N) is 2. The second-order valence-electron chi connectivity index (χ2n) is 5.24. The molecular weight excluding hydrogens is 308 g/mol. The summed E-state index contributed by atoms with van der Waals surface area (Å²) in [5.74, 6) is 0.197. The second-order valence-corrected chi connectivity index (χ2v) is 7.60. The number of fused-ring (bicyclic) bond motifs is 1. The van der Waals surface area contributed by atoms with Crippen LogP contribution in [0.2, 0.25) is 5.02 Å². The van der Waals surface area contributed by atoms with Crippen LogP contribution in [0.25, 0.3) is 10.9 Å². The summed E-state index contributed by atoms with van der Waals surface area (Å²) >= 11 is 6.04. The minimum absolute atomic E-state index is 0.197. The van der Waals surface area contributed by atoms with E-state index in [4.69, 9.17) is 11.6 Å². The fourth-order valence-electron chi connectivity index (χ4n) is 2.41. The summed E-state index contributed by atoms with van der Waals surface area (Å²) in [6.07, 6.45) is 2.22. The number of aryl methyl sites for hydroxylation is 1. The first kappa shape index (κ1) is 16.3. The van der Waals surface area contributed by atoms with Crippen LogP contribution in [0.4, 0.5) is 0 Å². The Kier molecular flexibility index (Phi) is 5.30. The van der Waals surface area contributed by atoms with E-state index >= 15 is 0 Å². The summed E-state index contributed by atoms with van der Waals surface area (Å²) in [4.78, 5) is 3.30. The highest BCUT2D eigenvalue weighted by atomic mass is 35.5. The number of halogens is 1. The highest BCUT2D eigenvalue weighted by Gasteiger charge is 2.12. The van der Waals surface area contributed by atoms with Crippen molar-refractivity contribution in [2.75, 3.05) is 12.3 Å². The quantitative estimate of drug-likeness (QED) is 0.818. The van der Waals surface area contributed by atoms with E-state index in [2.05, 4.69) is 9.71 Å². The zero-order valence-electron chi connectivity index (χ0n) is 12.4. The first-order chi connectivity index (χ1) is 9.93. The molecule has 1 aromatic heterocycles. The van der Waals surface area contributed by atoms with Crippen LogP contribution in [0.1, 0.15) is 31.0 Å². The molecule has 1 heterocycles. The lowest BCUT2D eigenvalue weighted by molar-refractivity contribution is 0.578. The van der Waals surface area contributed by atoms with E-state index in [1.807, 2.05) is 32.0 Å². The number of H-pyrrole nitrogens is 1. The topological polar surface area (TPSA) is 62.0 Å². The van der Waals surface area contributed by atoms with E-state index in [-0.39, 0.29) is 5.75 Å². The third-order valence-corrected chi connectivity index (χ3v) is 5.25. The van der Waals surface area contributed by atoms with Crippen molar-refractivity contribution in [1.82, 2.24) is 9.71 Å². The molecule has 0 radical (unpaired) electrons. The third-order valence-electron chi connectivity index (χ3n) is 3.55. The Morgan fingerprint density at radius 3 is 2.81 bits per heavy atom. The van der Waals surface area contributed by atoms with Gasteiger partial charge in [-0.25, -0.2) is 13.1 Å². The third kappa shape index (κ3) is 4.22. The summed E-state index contributed by atoms with van der Waals surface area (Å²) < 4.78 is 26.2. The van der Waals surface area contributed by atoms with Gasteiger partial charge in [0.1, 0.15) is 0 Å². The van der Waals surface area contributed by atoms with Crippen LogP contribution in [0.15, 0.2) is 18.2 Å². The van der Waals surface area contributed by atoms with Gasteiger partial charge in [0.2, 0.25) is 10.0 Å². The van der Waals surface area contributed by atoms with Crippen LogP contribution >= 0.6 is 11.6 Å². The normalized spacial score (nSPS) is 12.1. The molecule has 2 rings (SSSR count). The summed E-state index contributed by atoms with van der Waals surface area (Å²) in [6, 6.07) is 5.71. The molecule has 2 N–H and O–H groups in total. The van der Waals surface area contributed by atoms with Crippen LogP contribution in [-0.2, 0) is 16.4 Å². The maximum absolute atomic E-state index is 11.8. The molecule has 0 aliphatic carbocycles. The Labute approximate surface area is 130 Å². The molecule has 0 amide bonds. The van der Waals surface area contributed by atoms with E-state index in [1.54, 1.807) is 0 Å². The molecule has 2 aromatic rings. The summed E-state index contributed by atoms with van der Waals surface area (Å²) in [6.45, 7) is 4.38. The molecule has 4 nitrogen and oxygen atoms in total. The fraction of sp³-hybridized carbons (Fsp3) is 0.467. The number of rotatable bonds is 7. The van der Waals surface area contributed by atoms with Gasteiger partial charge in [-0.1, -0.05) is 24.9 Å². The van der Waals surface area contributed by atoms with Crippen molar-refractivity contribution in [3.8, 4) is 0 Å². The Hall–Kier alpha value is -1.04. The molecule has 0 unspecified atom stereocenters.